The van der Waals surface area contributed by atoms with E-state index in [0.29, 0.717) is 6.04 Å². The number of unbranched alkanes of at least 4 members (excludes halogenated alkanes) is 8. The van der Waals surface area contributed by atoms with Crippen molar-refractivity contribution in [1.82, 2.24) is 9.55 Å². The molecule has 0 saturated carbocycles. The third kappa shape index (κ3) is 7.60. The monoisotopic (exact) mass is 384 g/mol. The Kier molecular flexibility index (Phi) is 10.7. The van der Waals surface area contributed by atoms with E-state index in [0.717, 1.165) is 12.8 Å². The lowest BCUT2D eigenvalue weighted by Crippen LogP contribution is -2.24. The van der Waals surface area contributed by atoms with Crippen LogP contribution in [0.15, 0.2) is 36.7 Å². The van der Waals surface area contributed by atoms with E-state index in [1.807, 2.05) is 6.20 Å². The first-order valence-electron chi connectivity index (χ1n) is 12.1. The Morgan fingerprint density at radius 1 is 0.964 bits per heavy atom. The Morgan fingerprint density at radius 2 is 1.68 bits per heavy atom. The van der Waals surface area contributed by atoms with Crippen LogP contribution in [0.3, 0.4) is 0 Å². The van der Waals surface area contributed by atoms with Crippen LogP contribution in [-0.4, -0.2) is 9.55 Å². The van der Waals surface area contributed by atoms with Gasteiger partial charge in [0.25, 0.3) is 0 Å². The standard InChI is InChI=1S/C26H44N2/c1-4-6-7-8-9-10-11-12-14-18-26(19-15-13-16-20-26)23-25-27-21-22-28(25)24(3)17-5-2/h13,15-16,19,21-22,24H,4-12,14,17-18,20,23H2,1-3H3. The van der Waals surface area contributed by atoms with E-state index in [4.69, 9.17) is 4.98 Å². The van der Waals surface area contributed by atoms with Crippen LogP contribution in [0.1, 0.15) is 116 Å². The fraction of sp³-hybridized carbons (Fsp3) is 0.731. The van der Waals surface area contributed by atoms with E-state index < -0.39 is 0 Å². The van der Waals surface area contributed by atoms with Gasteiger partial charge in [0, 0.05) is 24.9 Å². The predicted octanol–water partition coefficient (Wildman–Crippen LogP) is 8.21. The number of aromatic nitrogens is 2. The molecule has 1 aliphatic carbocycles. The van der Waals surface area contributed by atoms with Crippen LogP contribution in [0.5, 0.6) is 0 Å². The zero-order valence-corrected chi connectivity index (χ0v) is 18.8. The molecular formula is C26H44N2. The summed E-state index contributed by atoms with van der Waals surface area (Å²) in [6, 6.07) is 0.551. The molecule has 28 heavy (non-hydrogen) atoms. The Morgan fingerprint density at radius 3 is 2.32 bits per heavy atom. The molecule has 2 atom stereocenters. The molecule has 2 nitrogen and oxygen atoms in total. The van der Waals surface area contributed by atoms with Crippen molar-refractivity contribution in [1.29, 1.82) is 0 Å². The third-order valence-electron chi connectivity index (χ3n) is 6.44. The van der Waals surface area contributed by atoms with Crippen molar-refractivity contribution in [3.8, 4) is 0 Å². The summed E-state index contributed by atoms with van der Waals surface area (Å²) < 4.78 is 2.42. The first-order valence-corrected chi connectivity index (χ1v) is 12.1. The Labute approximate surface area is 174 Å². The Balaban J connectivity index is 1.82. The number of hydrogen-bond donors (Lipinski definition) is 0. The van der Waals surface area contributed by atoms with Crippen molar-refractivity contribution < 1.29 is 0 Å². The summed E-state index contributed by atoms with van der Waals surface area (Å²) in [5, 5.41) is 0. The average molecular weight is 385 g/mol. The SMILES string of the molecule is CCCCCCCCCCCC1(Cc2nccn2C(C)CCC)C=CC=CC1. The average Bonchev–Trinajstić information content (AvgIpc) is 3.15. The van der Waals surface area contributed by atoms with E-state index in [9.17, 15) is 0 Å². The molecule has 0 spiro atoms. The van der Waals surface area contributed by atoms with E-state index in [1.165, 1.54) is 82.9 Å². The van der Waals surface area contributed by atoms with Crippen molar-refractivity contribution in [3.05, 3.63) is 42.5 Å². The van der Waals surface area contributed by atoms with Gasteiger partial charge in [-0.1, -0.05) is 102 Å². The third-order valence-corrected chi connectivity index (χ3v) is 6.44. The lowest BCUT2D eigenvalue weighted by atomic mass is 9.74. The van der Waals surface area contributed by atoms with Gasteiger partial charge in [-0.15, -0.1) is 0 Å². The lowest BCUT2D eigenvalue weighted by Gasteiger charge is -2.32. The molecule has 1 aromatic rings. The second kappa shape index (κ2) is 13.0. The maximum Gasteiger partial charge on any atom is 0.109 e. The minimum Gasteiger partial charge on any atom is -0.332 e. The summed E-state index contributed by atoms with van der Waals surface area (Å²) >= 11 is 0. The Bertz CT molecular complexity index is 583. The molecule has 2 rings (SSSR count). The van der Waals surface area contributed by atoms with E-state index >= 15 is 0 Å². The summed E-state index contributed by atoms with van der Waals surface area (Å²) in [7, 11) is 0. The molecule has 158 valence electrons. The van der Waals surface area contributed by atoms with E-state index in [2.05, 4.69) is 55.8 Å². The quantitative estimate of drug-likeness (QED) is 0.278. The molecule has 0 aliphatic heterocycles. The zero-order chi connectivity index (χ0) is 20.1. The first-order chi connectivity index (χ1) is 13.7. The molecule has 0 radical (unpaired) electrons. The second-order valence-electron chi connectivity index (χ2n) is 9.00. The van der Waals surface area contributed by atoms with Gasteiger partial charge in [0.2, 0.25) is 0 Å². The van der Waals surface area contributed by atoms with Crippen molar-refractivity contribution in [2.45, 2.75) is 117 Å². The van der Waals surface area contributed by atoms with Gasteiger partial charge >= 0.3 is 0 Å². The molecule has 0 bridgehead atoms. The molecule has 0 N–H and O–H groups in total. The van der Waals surface area contributed by atoms with E-state index in [-0.39, 0.29) is 5.41 Å². The minimum atomic E-state index is 0.269. The number of nitrogens with zero attached hydrogens (tertiary/aromatic N) is 2. The maximum atomic E-state index is 4.76. The number of hydrogen-bond acceptors (Lipinski definition) is 1. The highest BCUT2D eigenvalue weighted by molar-refractivity contribution is 5.19. The molecule has 1 aliphatic rings. The number of imidazole rings is 1. The molecular weight excluding hydrogens is 340 g/mol. The molecule has 1 aromatic heterocycles. The van der Waals surface area contributed by atoms with Crippen molar-refractivity contribution >= 4 is 0 Å². The van der Waals surface area contributed by atoms with Gasteiger partial charge in [0.05, 0.1) is 0 Å². The summed E-state index contributed by atoms with van der Waals surface area (Å²) in [4.78, 5) is 4.76. The molecule has 2 unspecified atom stereocenters. The predicted molar refractivity (Wildman–Crippen MR) is 123 cm³/mol. The van der Waals surface area contributed by atoms with Gasteiger partial charge < -0.3 is 4.57 Å². The molecule has 0 amide bonds. The fourth-order valence-corrected chi connectivity index (χ4v) is 4.66. The summed E-state index contributed by atoms with van der Waals surface area (Å²) in [5.41, 5.74) is 0.269. The highest BCUT2D eigenvalue weighted by Crippen LogP contribution is 2.37. The van der Waals surface area contributed by atoms with Gasteiger partial charge in [-0.05, 0) is 31.6 Å². The Hall–Kier alpha value is -1.31. The lowest BCUT2D eigenvalue weighted by molar-refractivity contribution is 0.315. The van der Waals surface area contributed by atoms with Crippen LogP contribution in [0.4, 0.5) is 0 Å². The van der Waals surface area contributed by atoms with Gasteiger partial charge in [-0.25, -0.2) is 4.98 Å². The van der Waals surface area contributed by atoms with Crippen LogP contribution in [0.25, 0.3) is 0 Å². The summed E-state index contributed by atoms with van der Waals surface area (Å²) in [6.45, 7) is 6.90. The van der Waals surface area contributed by atoms with Gasteiger partial charge in [-0.3, -0.25) is 0 Å². The topological polar surface area (TPSA) is 17.8 Å². The number of rotatable bonds is 15. The molecule has 0 saturated heterocycles. The summed E-state index contributed by atoms with van der Waals surface area (Å²) in [5.74, 6) is 1.27. The van der Waals surface area contributed by atoms with Crippen LogP contribution < -0.4 is 0 Å². The first kappa shape index (κ1) is 23.0. The fourth-order valence-electron chi connectivity index (χ4n) is 4.66. The largest absolute Gasteiger partial charge is 0.332 e. The summed E-state index contributed by atoms with van der Waals surface area (Å²) in [6.07, 6.45) is 32.1. The van der Waals surface area contributed by atoms with Gasteiger partial charge in [0.15, 0.2) is 0 Å². The smallest absolute Gasteiger partial charge is 0.109 e. The van der Waals surface area contributed by atoms with E-state index in [1.54, 1.807) is 0 Å². The van der Waals surface area contributed by atoms with Gasteiger partial charge in [0.1, 0.15) is 5.82 Å². The van der Waals surface area contributed by atoms with Crippen LogP contribution in [-0.2, 0) is 6.42 Å². The van der Waals surface area contributed by atoms with Crippen molar-refractivity contribution in [2.24, 2.45) is 5.41 Å². The number of allylic oxidation sites excluding steroid dienone is 4. The maximum absolute atomic E-state index is 4.76. The van der Waals surface area contributed by atoms with Crippen molar-refractivity contribution in [3.63, 3.8) is 0 Å². The normalized spacial score (nSPS) is 20.0. The van der Waals surface area contributed by atoms with Crippen LogP contribution >= 0.6 is 0 Å². The van der Waals surface area contributed by atoms with Crippen LogP contribution in [0, 0.1) is 5.41 Å². The highest BCUT2D eigenvalue weighted by atomic mass is 15.1. The molecule has 0 fully saturated rings. The molecule has 1 heterocycles. The highest BCUT2D eigenvalue weighted by Gasteiger charge is 2.29. The van der Waals surface area contributed by atoms with Crippen LogP contribution in [0.2, 0.25) is 0 Å². The molecule has 0 aromatic carbocycles. The van der Waals surface area contributed by atoms with Gasteiger partial charge in [-0.2, -0.15) is 0 Å². The second-order valence-corrected chi connectivity index (χ2v) is 9.00. The molecule has 2 heteroatoms. The minimum absolute atomic E-state index is 0.269. The van der Waals surface area contributed by atoms with Crippen molar-refractivity contribution in [2.75, 3.05) is 0 Å². The zero-order valence-electron chi connectivity index (χ0n) is 18.8.